The van der Waals surface area contributed by atoms with Crippen LogP contribution in [0.4, 0.5) is 6.01 Å². The lowest BCUT2D eigenvalue weighted by molar-refractivity contribution is 0.0706. The van der Waals surface area contributed by atoms with Gasteiger partial charge in [-0.25, -0.2) is 5.48 Å². The first-order valence-electron chi connectivity index (χ1n) is 9.40. The number of anilines is 1. The summed E-state index contributed by atoms with van der Waals surface area (Å²) in [5, 5.41) is 8.84. The third-order valence-electron chi connectivity index (χ3n) is 4.65. The van der Waals surface area contributed by atoms with E-state index in [1.165, 1.54) is 0 Å². The van der Waals surface area contributed by atoms with Crippen LogP contribution in [-0.4, -0.2) is 62.4 Å². The second kappa shape index (κ2) is 9.47. The standard InChI is InChI=1S/C21H26N4O5/c1-24(2)9-10-25(13-14-5-7-18(28-3)19(11-14)29-4)21-22-16-12-15(20(26)23-27)6-8-17(16)30-21/h5-8,11-12,27H,9-10,13H2,1-4H3,(H,23,26). The summed E-state index contributed by atoms with van der Waals surface area (Å²) in [4.78, 5) is 20.3. The smallest absolute Gasteiger partial charge is 0.298 e. The number of fused-ring (bicyclic) bond motifs is 1. The second-order valence-corrected chi connectivity index (χ2v) is 7.03. The van der Waals surface area contributed by atoms with Gasteiger partial charge in [-0.2, -0.15) is 4.98 Å². The van der Waals surface area contributed by atoms with Crippen LogP contribution in [0.3, 0.4) is 0 Å². The fourth-order valence-corrected chi connectivity index (χ4v) is 3.02. The number of hydroxylamine groups is 1. The van der Waals surface area contributed by atoms with Crippen molar-refractivity contribution >= 4 is 23.0 Å². The fourth-order valence-electron chi connectivity index (χ4n) is 3.02. The van der Waals surface area contributed by atoms with E-state index in [1.54, 1.807) is 37.9 Å². The maximum absolute atomic E-state index is 11.7. The summed E-state index contributed by atoms with van der Waals surface area (Å²) >= 11 is 0. The third kappa shape index (κ3) is 4.81. The number of likely N-dealkylation sites (N-methyl/N-ethyl adjacent to an activating group) is 1. The van der Waals surface area contributed by atoms with Gasteiger partial charge in [-0.15, -0.1) is 0 Å². The Bertz CT molecular complexity index is 1020. The van der Waals surface area contributed by atoms with Crippen molar-refractivity contribution in [1.82, 2.24) is 15.4 Å². The van der Waals surface area contributed by atoms with Crippen LogP contribution in [0.2, 0.25) is 0 Å². The minimum atomic E-state index is -0.601. The number of ether oxygens (including phenoxy) is 2. The molecule has 3 aromatic rings. The third-order valence-corrected chi connectivity index (χ3v) is 4.65. The quantitative estimate of drug-likeness (QED) is 0.407. The Morgan fingerprint density at radius 3 is 2.53 bits per heavy atom. The maximum atomic E-state index is 11.7. The number of aromatic nitrogens is 1. The molecule has 0 bridgehead atoms. The van der Waals surface area contributed by atoms with E-state index in [-0.39, 0.29) is 0 Å². The molecule has 2 aromatic carbocycles. The zero-order chi connectivity index (χ0) is 21.7. The number of benzene rings is 2. The molecule has 1 heterocycles. The average Bonchev–Trinajstić information content (AvgIpc) is 3.18. The van der Waals surface area contributed by atoms with Crippen molar-refractivity contribution in [2.75, 3.05) is 46.3 Å². The first kappa shape index (κ1) is 21.4. The number of nitrogens with one attached hydrogen (secondary N) is 1. The van der Waals surface area contributed by atoms with Crippen molar-refractivity contribution in [2.24, 2.45) is 0 Å². The predicted octanol–water partition coefficient (Wildman–Crippen LogP) is 2.53. The van der Waals surface area contributed by atoms with Crippen LogP contribution < -0.4 is 19.9 Å². The largest absolute Gasteiger partial charge is 0.493 e. The van der Waals surface area contributed by atoms with Gasteiger partial charge in [-0.3, -0.25) is 10.0 Å². The van der Waals surface area contributed by atoms with E-state index in [4.69, 9.17) is 19.1 Å². The van der Waals surface area contributed by atoms with Crippen LogP contribution in [-0.2, 0) is 6.54 Å². The van der Waals surface area contributed by atoms with Gasteiger partial charge in [0, 0.05) is 25.2 Å². The molecule has 0 aliphatic heterocycles. The Morgan fingerprint density at radius 2 is 1.87 bits per heavy atom. The van der Waals surface area contributed by atoms with Gasteiger partial charge in [-0.05, 0) is 50.0 Å². The monoisotopic (exact) mass is 414 g/mol. The van der Waals surface area contributed by atoms with Gasteiger partial charge in [0.05, 0.1) is 14.2 Å². The highest BCUT2D eigenvalue weighted by Crippen LogP contribution is 2.29. The number of hydrogen-bond donors (Lipinski definition) is 2. The van der Waals surface area contributed by atoms with Gasteiger partial charge in [0.1, 0.15) is 5.52 Å². The summed E-state index contributed by atoms with van der Waals surface area (Å²) in [5.74, 6) is 0.716. The van der Waals surface area contributed by atoms with Gasteiger partial charge in [-0.1, -0.05) is 6.07 Å². The van der Waals surface area contributed by atoms with E-state index in [1.807, 2.05) is 37.2 Å². The Morgan fingerprint density at radius 1 is 1.10 bits per heavy atom. The molecule has 3 rings (SSSR count). The Balaban J connectivity index is 1.92. The molecule has 0 radical (unpaired) electrons. The molecule has 0 atom stereocenters. The van der Waals surface area contributed by atoms with Gasteiger partial charge >= 0.3 is 0 Å². The Hall–Kier alpha value is -3.30. The van der Waals surface area contributed by atoms with Crippen LogP contribution in [0.5, 0.6) is 11.5 Å². The summed E-state index contributed by atoms with van der Waals surface area (Å²) in [6.45, 7) is 2.02. The normalized spacial score (nSPS) is 11.0. The van der Waals surface area contributed by atoms with Crippen LogP contribution in [0.1, 0.15) is 15.9 Å². The lowest BCUT2D eigenvalue weighted by Crippen LogP contribution is -2.31. The fraction of sp³-hybridized carbons (Fsp3) is 0.333. The summed E-state index contributed by atoms with van der Waals surface area (Å²) in [7, 11) is 7.21. The second-order valence-electron chi connectivity index (χ2n) is 7.03. The van der Waals surface area contributed by atoms with E-state index in [0.29, 0.717) is 47.3 Å². The van der Waals surface area contributed by atoms with Crippen molar-refractivity contribution in [3.05, 3.63) is 47.5 Å². The number of oxazole rings is 1. The highest BCUT2D eigenvalue weighted by Gasteiger charge is 2.17. The highest BCUT2D eigenvalue weighted by molar-refractivity contribution is 5.96. The molecule has 0 saturated heterocycles. The van der Waals surface area contributed by atoms with Crippen molar-refractivity contribution in [1.29, 1.82) is 0 Å². The minimum Gasteiger partial charge on any atom is -0.493 e. The first-order valence-corrected chi connectivity index (χ1v) is 9.40. The number of methoxy groups -OCH3 is 2. The van der Waals surface area contributed by atoms with Crippen molar-refractivity contribution < 1.29 is 23.9 Å². The molecule has 2 N–H and O–H groups in total. The predicted molar refractivity (Wildman–Crippen MR) is 112 cm³/mol. The van der Waals surface area contributed by atoms with Gasteiger partial charge < -0.3 is 23.7 Å². The molecule has 0 unspecified atom stereocenters. The molecule has 30 heavy (non-hydrogen) atoms. The van der Waals surface area contributed by atoms with Crippen molar-refractivity contribution in [2.45, 2.75) is 6.54 Å². The maximum Gasteiger partial charge on any atom is 0.298 e. The first-order chi connectivity index (χ1) is 14.4. The minimum absolute atomic E-state index is 0.296. The molecule has 0 saturated carbocycles. The molecule has 1 amide bonds. The Kier molecular flexibility index (Phi) is 6.76. The Labute approximate surface area is 174 Å². The van der Waals surface area contributed by atoms with Crippen LogP contribution in [0, 0.1) is 0 Å². The van der Waals surface area contributed by atoms with E-state index in [0.717, 1.165) is 12.1 Å². The van der Waals surface area contributed by atoms with Crippen LogP contribution in [0.25, 0.3) is 11.1 Å². The lowest BCUT2D eigenvalue weighted by Gasteiger charge is -2.23. The van der Waals surface area contributed by atoms with Crippen LogP contribution in [0.15, 0.2) is 40.8 Å². The summed E-state index contributed by atoms with van der Waals surface area (Å²) in [6.07, 6.45) is 0. The van der Waals surface area contributed by atoms with Gasteiger partial charge in [0.25, 0.3) is 11.9 Å². The van der Waals surface area contributed by atoms with E-state index < -0.39 is 5.91 Å². The van der Waals surface area contributed by atoms with Crippen LogP contribution >= 0.6 is 0 Å². The number of carbonyl (C=O) groups is 1. The average molecular weight is 414 g/mol. The van der Waals surface area contributed by atoms with E-state index >= 15 is 0 Å². The van der Waals surface area contributed by atoms with Crippen molar-refractivity contribution in [3.8, 4) is 11.5 Å². The topological polar surface area (TPSA) is 100 Å². The lowest BCUT2D eigenvalue weighted by atomic mass is 10.2. The number of carbonyl (C=O) groups excluding carboxylic acids is 1. The summed E-state index contributed by atoms with van der Waals surface area (Å²) in [5.41, 5.74) is 4.02. The molecule has 9 heteroatoms. The molecule has 0 aliphatic rings. The number of amides is 1. The van der Waals surface area contributed by atoms with Gasteiger partial charge in [0.2, 0.25) is 0 Å². The molecule has 0 aliphatic carbocycles. The summed E-state index contributed by atoms with van der Waals surface area (Å²) in [6, 6.07) is 11.0. The van der Waals surface area contributed by atoms with Crippen molar-refractivity contribution in [3.63, 3.8) is 0 Å². The SMILES string of the molecule is COc1ccc(CN(CCN(C)C)c2nc3cc(C(=O)NO)ccc3o2)cc1OC. The highest BCUT2D eigenvalue weighted by atomic mass is 16.5. The molecule has 9 nitrogen and oxygen atoms in total. The molecule has 1 aromatic heterocycles. The molecule has 160 valence electrons. The number of nitrogens with zero attached hydrogens (tertiary/aromatic N) is 3. The molecular weight excluding hydrogens is 388 g/mol. The van der Waals surface area contributed by atoms with E-state index in [9.17, 15) is 4.79 Å². The molecule has 0 spiro atoms. The zero-order valence-electron chi connectivity index (χ0n) is 17.5. The molecule has 0 fully saturated rings. The number of rotatable bonds is 9. The zero-order valence-corrected chi connectivity index (χ0v) is 17.5. The number of hydrogen-bond acceptors (Lipinski definition) is 8. The van der Waals surface area contributed by atoms with Gasteiger partial charge in [0.15, 0.2) is 17.1 Å². The summed E-state index contributed by atoms with van der Waals surface area (Å²) < 4.78 is 16.7. The molecular formula is C21H26N4O5. The van der Waals surface area contributed by atoms with E-state index in [2.05, 4.69) is 9.88 Å².